The molecule has 0 unspecified atom stereocenters. The van der Waals surface area contributed by atoms with Crippen molar-refractivity contribution in [2.45, 2.75) is 13.3 Å². The van der Waals surface area contributed by atoms with E-state index in [4.69, 9.17) is 0 Å². The van der Waals surface area contributed by atoms with Crippen molar-refractivity contribution in [3.05, 3.63) is 48.3 Å². The van der Waals surface area contributed by atoms with Crippen LogP contribution in [0, 0.1) is 0 Å². The molecule has 0 amide bonds. The van der Waals surface area contributed by atoms with E-state index in [9.17, 15) is 0 Å². The lowest BCUT2D eigenvalue weighted by Crippen LogP contribution is -1.89. The van der Waals surface area contributed by atoms with Crippen molar-refractivity contribution in [1.29, 1.82) is 0 Å². The van der Waals surface area contributed by atoms with E-state index in [1.807, 2.05) is 12.3 Å². The summed E-state index contributed by atoms with van der Waals surface area (Å²) < 4.78 is 0. The zero-order chi connectivity index (χ0) is 11.0. The maximum atomic E-state index is 4.66. The molecule has 0 aliphatic rings. The van der Waals surface area contributed by atoms with Gasteiger partial charge in [0.15, 0.2) is 0 Å². The molecule has 0 saturated carbocycles. The van der Waals surface area contributed by atoms with Gasteiger partial charge in [0.05, 0.1) is 11.0 Å². The normalized spacial score (nSPS) is 11.1. The van der Waals surface area contributed by atoms with E-state index in [1.165, 1.54) is 0 Å². The van der Waals surface area contributed by atoms with Crippen molar-refractivity contribution in [2.75, 3.05) is 0 Å². The Morgan fingerprint density at radius 2 is 1.69 bits per heavy atom. The predicted octanol–water partition coefficient (Wildman–Crippen LogP) is 3.35. The topological polar surface area (TPSA) is 25.8 Å². The number of aryl methyl sites for hydroxylation is 1. The smallest absolute Gasteiger partial charge is 0.0967 e. The van der Waals surface area contributed by atoms with Crippen LogP contribution in [0.25, 0.3) is 21.8 Å². The lowest BCUT2D eigenvalue weighted by atomic mass is 10.1. The van der Waals surface area contributed by atoms with Gasteiger partial charge in [0, 0.05) is 22.7 Å². The molecule has 2 heteroatoms. The highest BCUT2D eigenvalue weighted by Crippen LogP contribution is 2.21. The molecule has 2 aromatic heterocycles. The number of hydrogen-bond acceptors (Lipinski definition) is 2. The van der Waals surface area contributed by atoms with Crippen LogP contribution in [-0.4, -0.2) is 9.97 Å². The number of hydrogen-bond donors (Lipinski definition) is 0. The van der Waals surface area contributed by atoms with E-state index in [0.29, 0.717) is 0 Å². The van der Waals surface area contributed by atoms with E-state index >= 15 is 0 Å². The Morgan fingerprint density at radius 3 is 2.50 bits per heavy atom. The summed E-state index contributed by atoms with van der Waals surface area (Å²) in [6, 6.07) is 12.4. The van der Waals surface area contributed by atoms with Crippen LogP contribution in [0.15, 0.2) is 42.6 Å². The molecule has 1 aromatic carbocycles. The third kappa shape index (κ3) is 1.34. The molecular weight excluding hydrogens is 196 g/mol. The first-order valence-corrected chi connectivity index (χ1v) is 5.52. The monoisotopic (exact) mass is 208 g/mol. The van der Waals surface area contributed by atoms with Crippen LogP contribution in [-0.2, 0) is 6.42 Å². The van der Waals surface area contributed by atoms with Gasteiger partial charge in [-0.05, 0) is 18.6 Å². The van der Waals surface area contributed by atoms with Crippen molar-refractivity contribution in [2.24, 2.45) is 0 Å². The Hall–Kier alpha value is -1.96. The van der Waals surface area contributed by atoms with Gasteiger partial charge in [0.1, 0.15) is 0 Å². The van der Waals surface area contributed by atoms with Gasteiger partial charge in [0.2, 0.25) is 0 Å². The van der Waals surface area contributed by atoms with Gasteiger partial charge < -0.3 is 0 Å². The number of fused-ring (bicyclic) bond motifs is 3. The third-order valence-corrected chi connectivity index (χ3v) is 2.85. The highest BCUT2D eigenvalue weighted by atomic mass is 14.7. The van der Waals surface area contributed by atoms with E-state index in [-0.39, 0.29) is 0 Å². The molecule has 0 N–H and O–H groups in total. The van der Waals surface area contributed by atoms with Crippen LogP contribution < -0.4 is 0 Å². The van der Waals surface area contributed by atoms with Crippen LogP contribution in [0.4, 0.5) is 0 Å². The summed E-state index contributed by atoms with van der Waals surface area (Å²) in [5.74, 6) is 0. The van der Waals surface area contributed by atoms with Gasteiger partial charge >= 0.3 is 0 Å². The largest absolute Gasteiger partial charge is 0.254 e. The molecule has 2 nitrogen and oxygen atoms in total. The quantitative estimate of drug-likeness (QED) is 0.573. The summed E-state index contributed by atoms with van der Waals surface area (Å²) in [5.41, 5.74) is 3.12. The van der Waals surface area contributed by atoms with Gasteiger partial charge in [-0.3, -0.25) is 9.97 Å². The minimum atomic E-state index is 0.958. The van der Waals surface area contributed by atoms with E-state index in [0.717, 1.165) is 33.9 Å². The SMILES string of the molecule is CCc1ccc2ccc3cccnc3c2n1. The molecule has 2 heterocycles. The minimum absolute atomic E-state index is 0.958. The molecule has 0 radical (unpaired) electrons. The summed E-state index contributed by atoms with van der Waals surface area (Å²) in [4.78, 5) is 9.08. The highest BCUT2D eigenvalue weighted by Gasteiger charge is 2.02. The lowest BCUT2D eigenvalue weighted by Gasteiger charge is -2.03. The van der Waals surface area contributed by atoms with Crippen LogP contribution in [0.3, 0.4) is 0 Å². The first-order chi connectivity index (χ1) is 7.88. The summed E-state index contributed by atoms with van der Waals surface area (Å²) in [6.07, 6.45) is 2.78. The molecule has 0 aliphatic carbocycles. The van der Waals surface area contributed by atoms with Crippen LogP contribution in [0.5, 0.6) is 0 Å². The van der Waals surface area contributed by atoms with Gasteiger partial charge in [0.25, 0.3) is 0 Å². The second kappa shape index (κ2) is 3.56. The molecule has 16 heavy (non-hydrogen) atoms. The van der Waals surface area contributed by atoms with Gasteiger partial charge in [-0.2, -0.15) is 0 Å². The fraction of sp³-hybridized carbons (Fsp3) is 0.143. The average molecular weight is 208 g/mol. The Balaban J connectivity index is 2.47. The zero-order valence-corrected chi connectivity index (χ0v) is 9.14. The second-order valence-corrected chi connectivity index (χ2v) is 3.87. The van der Waals surface area contributed by atoms with Crippen LogP contribution in [0.2, 0.25) is 0 Å². The molecule has 0 atom stereocenters. The van der Waals surface area contributed by atoms with Crippen molar-refractivity contribution >= 4 is 21.8 Å². The maximum Gasteiger partial charge on any atom is 0.0967 e. The molecular formula is C14H12N2. The van der Waals surface area contributed by atoms with Gasteiger partial charge in [-0.1, -0.05) is 31.2 Å². The molecule has 3 aromatic rings. The molecule has 3 rings (SSSR count). The number of nitrogens with zero attached hydrogens (tertiary/aromatic N) is 2. The van der Waals surface area contributed by atoms with Crippen molar-refractivity contribution in [3.8, 4) is 0 Å². The maximum absolute atomic E-state index is 4.66. The zero-order valence-electron chi connectivity index (χ0n) is 9.14. The lowest BCUT2D eigenvalue weighted by molar-refractivity contribution is 1.06. The van der Waals surface area contributed by atoms with E-state index in [2.05, 4.69) is 47.2 Å². The number of pyridine rings is 2. The van der Waals surface area contributed by atoms with E-state index in [1.54, 1.807) is 0 Å². The van der Waals surface area contributed by atoms with Crippen LogP contribution >= 0.6 is 0 Å². The van der Waals surface area contributed by atoms with E-state index < -0.39 is 0 Å². The number of aromatic nitrogens is 2. The number of benzene rings is 1. The van der Waals surface area contributed by atoms with Crippen LogP contribution in [0.1, 0.15) is 12.6 Å². The van der Waals surface area contributed by atoms with Gasteiger partial charge in [-0.15, -0.1) is 0 Å². The summed E-state index contributed by atoms with van der Waals surface area (Å²) in [7, 11) is 0. The third-order valence-electron chi connectivity index (χ3n) is 2.85. The Kier molecular flexibility index (Phi) is 2.07. The molecule has 0 spiro atoms. The highest BCUT2D eigenvalue weighted by molar-refractivity contribution is 6.02. The fourth-order valence-corrected chi connectivity index (χ4v) is 1.96. The Morgan fingerprint density at radius 1 is 0.938 bits per heavy atom. The molecule has 0 aliphatic heterocycles. The minimum Gasteiger partial charge on any atom is -0.254 e. The Labute approximate surface area is 94.0 Å². The van der Waals surface area contributed by atoms with Crippen molar-refractivity contribution in [1.82, 2.24) is 9.97 Å². The first-order valence-electron chi connectivity index (χ1n) is 5.52. The summed E-state index contributed by atoms with van der Waals surface area (Å²) in [6.45, 7) is 2.12. The standard InChI is InChI=1S/C14H12N2/c1-2-12-8-7-11-6-5-10-4-3-9-15-13(10)14(11)16-12/h3-9H,2H2,1H3. The fourth-order valence-electron chi connectivity index (χ4n) is 1.96. The molecule has 78 valence electrons. The Bertz CT molecular complexity index is 659. The first kappa shape index (κ1) is 9.28. The predicted molar refractivity (Wildman–Crippen MR) is 66.4 cm³/mol. The average Bonchev–Trinajstić information content (AvgIpc) is 2.38. The molecule has 0 bridgehead atoms. The van der Waals surface area contributed by atoms with Crippen molar-refractivity contribution < 1.29 is 0 Å². The molecule has 0 saturated heterocycles. The number of rotatable bonds is 1. The molecule has 0 fully saturated rings. The second-order valence-electron chi connectivity index (χ2n) is 3.87. The van der Waals surface area contributed by atoms with Gasteiger partial charge in [-0.25, -0.2) is 0 Å². The van der Waals surface area contributed by atoms with Crippen molar-refractivity contribution in [3.63, 3.8) is 0 Å². The summed E-state index contributed by atoms with van der Waals surface area (Å²) >= 11 is 0. The summed E-state index contributed by atoms with van der Waals surface area (Å²) in [5, 5.41) is 2.30.